The topological polar surface area (TPSA) is 29.5 Å². The summed E-state index contributed by atoms with van der Waals surface area (Å²) in [5, 5.41) is 0. The minimum Gasteiger partial charge on any atom is -0.423 e. The third-order valence-corrected chi connectivity index (χ3v) is 7.28. The Kier molecular flexibility index (Phi) is 7.94. The van der Waals surface area contributed by atoms with E-state index >= 15 is 0 Å². The Morgan fingerprint density at radius 1 is 1.10 bits per heavy atom. The Morgan fingerprint density at radius 3 is 2.48 bits per heavy atom. The highest BCUT2D eigenvalue weighted by atomic mass is 16.5. The van der Waals surface area contributed by atoms with Gasteiger partial charge in [-0.3, -0.25) is 0 Å². The van der Waals surface area contributed by atoms with Crippen LogP contribution < -0.4 is 4.74 Å². The van der Waals surface area contributed by atoms with Gasteiger partial charge in [-0.1, -0.05) is 70.4 Å². The number of ether oxygens (including phenoxy) is 1. The fourth-order valence-electron chi connectivity index (χ4n) is 4.92. The molecule has 0 amide bonds. The van der Waals surface area contributed by atoms with Gasteiger partial charge in [-0.05, 0) is 79.9 Å². The lowest BCUT2D eigenvalue weighted by atomic mass is 9.68. The summed E-state index contributed by atoms with van der Waals surface area (Å²) in [5.41, 5.74) is 3.95. The van der Waals surface area contributed by atoms with Gasteiger partial charge in [0, 0.05) is 6.54 Å². The number of nitrogens with zero attached hydrogens (tertiary/aromatic N) is 1. The van der Waals surface area contributed by atoms with Crippen LogP contribution in [-0.2, 0) is 5.41 Å². The molecule has 1 saturated heterocycles. The molecule has 0 aliphatic carbocycles. The first-order valence-electron chi connectivity index (χ1n) is 12.0. The van der Waals surface area contributed by atoms with E-state index in [2.05, 4.69) is 37.8 Å². The van der Waals surface area contributed by atoms with E-state index in [4.69, 9.17) is 4.74 Å². The van der Waals surface area contributed by atoms with E-state index in [-0.39, 0.29) is 11.4 Å². The molecule has 2 unspecified atom stereocenters. The number of carbonyl (C=O) groups is 1. The smallest absolute Gasteiger partial charge is 0.344 e. The van der Waals surface area contributed by atoms with Crippen LogP contribution in [0.5, 0.6) is 5.75 Å². The maximum atomic E-state index is 12.8. The van der Waals surface area contributed by atoms with Crippen LogP contribution in [0.2, 0.25) is 0 Å². The lowest BCUT2D eigenvalue weighted by molar-refractivity contribution is 0.0732. The lowest BCUT2D eigenvalue weighted by Crippen LogP contribution is -2.47. The molecule has 2 aromatic carbocycles. The van der Waals surface area contributed by atoms with Crippen LogP contribution in [0.25, 0.3) is 0 Å². The summed E-state index contributed by atoms with van der Waals surface area (Å²) < 4.78 is 5.82. The summed E-state index contributed by atoms with van der Waals surface area (Å²) in [6, 6.07) is 14.1. The van der Waals surface area contributed by atoms with Crippen LogP contribution in [0.3, 0.4) is 0 Å². The minimum atomic E-state index is -0.271. The third kappa shape index (κ3) is 5.57. The zero-order chi connectivity index (χ0) is 22.4. The summed E-state index contributed by atoms with van der Waals surface area (Å²) in [4.78, 5) is 15.5. The number of aryl methyl sites for hydroxylation is 2. The Hall–Kier alpha value is -2.13. The molecule has 168 valence electrons. The number of hydrogen-bond donors (Lipinski definition) is 0. The highest BCUT2D eigenvalue weighted by molar-refractivity contribution is 5.94. The molecule has 0 bridgehead atoms. The normalized spacial score (nSPS) is 21.8. The van der Waals surface area contributed by atoms with E-state index in [0.717, 1.165) is 30.6 Å². The van der Waals surface area contributed by atoms with E-state index in [1.165, 1.54) is 37.8 Å². The molecule has 1 fully saturated rings. The predicted octanol–water partition coefficient (Wildman–Crippen LogP) is 6.70. The van der Waals surface area contributed by atoms with Crippen molar-refractivity contribution in [1.29, 1.82) is 0 Å². The van der Waals surface area contributed by atoms with Crippen molar-refractivity contribution in [3.63, 3.8) is 0 Å². The number of rotatable bonds is 8. The van der Waals surface area contributed by atoms with Gasteiger partial charge in [0.25, 0.3) is 0 Å². The molecule has 1 heterocycles. The second-order valence-electron chi connectivity index (χ2n) is 9.61. The minimum absolute atomic E-state index is 0.0981. The second-order valence-corrected chi connectivity index (χ2v) is 9.61. The van der Waals surface area contributed by atoms with Crippen LogP contribution >= 0.6 is 0 Å². The highest BCUT2D eigenvalue weighted by Gasteiger charge is 2.38. The Balaban J connectivity index is 1.69. The van der Waals surface area contributed by atoms with Crippen molar-refractivity contribution in [2.75, 3.05) is 19.6 Å². The number of esters is 1. The maximum Gasteiger partial charge on any atom is 0.344 e. The van der Waals surface area contributed by atoms with Crippen molar-refractivity contribution in [3.8, 4) is 5.75 Å². The van der Waals surface area contributed by atoms with Gasteiger partial charge in [0.1, 0.15) is 5.75 Å². The summed E-state index contributed by atoms with van der Waals surface area (Å²) in [5.74, 6) is 0.922. The summed E-state index contributed by atoms with van der Waals surface area (Å²) in [6.45, 7) is 14.4. The van der Waals surface area contributed by atoms with Gasteiger partial charge in [0.15, 0.2) is 0 Å². The van der Waals surface area contributed by atoms with Crippen LogP contribution in [0.15, 0.2) is 42.5 Å². The first-order valence-corrected chi connectivity index (χ1v) is 12.0. The zero-order valence-electron chi connectivity index (χ0n) is 20.0. The average molecular weight is 422 g/mol. The molecule has 1 aliphatic heterocycles. The Labute approximate surface area is 188 Å². The number of carbonyl (C=O) groups excluding carboxylic acids is 1. The zero-order valence-corrected chi connectivity index (χ0v) is 20.0. The molecule has 3 rings (SSSR count). The van der Waals surface area contributed by atoms with Gasteiger partial charge >= 0.3 is 5.97 Å². The van der Waals surface area contributed by atoms with Crippen LogP contribution in [0.1, 0.15) is 79.9 Å². The third-order valence-electron chi connectivity index (χ3n) is 7.28. The van der Waals surface area contributed by atoms with Gasteiger partial charge in [-0.25, -0.2) is 4.79 Å². The predicted molar refractivity (Wildman–Crippen MR) is 129 cm³/mol. The van der Waals surface area contributed by atoms with Gasteiger partial charge in [0.2, 0.25) is 0 Å². The number of benzene rings is 2. The van der Waals surface area contributed by atoms with Crippen molar-refractivity contribution >= 4 is 5.97 Å². The standard InChI is InChI=1S/C28H39NO2/c1-6-7-8-9-17-29-18-16-28(5,23(4)20-29)24-14-11-15-25(19-24)31-27(30)26-21(2)12-10-13-22(26)3/h10-15,19,23H,6-9,16-18,20H2,1-5H3. The van der Waals surface area contributed by atoms with E-state index in [0.29, 0.717) is 17.2 Å². The number of piperidine rings is 1. The molecule has 3 heteroatoms. The van der Waals surface area contributed by atoms with E-state index in [1.54, 1.807) is 0 Å². The number of unbranched alkanes of at least 4 members (excludes halogenated alkanes) is 3. The van der Waals surface area contributed by atoms with E-state index in [9.17, 15) is 4.79 Å². The molecule has 31 heavy (non-hydrogen) atoms. The Morgan fingerprint density at radius 2 is 1.81 bits per heavy atom. The van der Waals surface area contributed by atoms with Crippen LogP contribution in [-0.4, -0.2) is 30.5 Å². The maximum absolute atomic E-state index is 12.8. The van der Waals surface area contributed by atoms with Gasteiger partial charge in [-0.15, -0.1) is 0 Å². The Bertz CT molecular complexity index is 870. The monoisotopic (exact) mass is 421 g/mol. The lowest BCUT2D eigenvalue weighted by Gasteiger charge is -2.45. The van der Waals surface area contributed by atoms with Crippen molar-refractivity contribution in [2.45, 2.75) is 72.1 Å². The summed E-state index contributed by atoms with van der Waals surface area (Å²) >= 11 is 0. The molecular formula is C28H39NO2. The molecule has 2 aromatic rings. The first kappa shape index (κ1) is 23.5. The van der Waals surface area contributed by atoms with Gasteiger partial charge < -0.3 is 9.64 Å². The molecule has 0 N–H and O–H groups in total. The second kappa shape index (κ2) is 10.5. The van der Waals surface area contributed by atoms with Crippen molar-refractivity contribution in [2.24, 2.45) is 5.92 Å². The van der Waals surface area contributed by atoms with E-state index < -0.39 is 0 Å². The van der Waals surface area contributed by atoms with Crippen LogP contribution in [0, 0.1) is 19.8 Å². The SMILES string of the molecule is CCCCCCN1CCC(C)(c2cccc(OC(=O)c3c(C)cccc3C)c2)C(C)C1. The average Bonchev–Trinajstić information content (AvgIpc) is 2.74. The molecule has 0 radical (unpaired) electrons. The largest absolute Gasteiger partial charge is 0.423 e. The molecular weight excluding hydrogens is 382 g/mol. The number of likely N-dealkylation sites (tertiary alicyclic amines) is 1. The molecule has 2 atom stereocenters. The number of hydrogen-bond acceptors (Lipinski definition) is 3. The van der Waals surface area contributed by atoms with Crippen molar-refractivity contribution in [1.82, 2.24) is 4.90 Å². The highest BCUT2D eigenvalue weighted by Crippen LogP contribution is 2.40. The van der Waals surface area contributed by atoms with Crippen molar-refractivity contribution in [3.05, 3.63) is 64.7 Å². The fraction of sp³-hybridized carbons (Fsp3) is 0.536. The molecule has 1 aliphatic rings. The quantitative estimate of drug-likeness (QED) is 0.270. The summed E-state index contributed by atoms with van der Waals surface area (Å²) in [6.07, 6.45) is 6.41. The fourth-order valence-corrected chi connectivity index (χ4v) is 4.92. The molecule has 3 nitrogen and oxygen atoms in total. The molecule has 0 spiro atoms. The molecule has 0 saturated carbocycles. The van der Waals surface area contributed by atoms with E-state index in [1.807, 2.05) is 44.2 Å². The first-order chi connectivity index (χ1) is 14.8. The van der Waals surface area contributed by atoms with Gasteiger partial charge in [-0.2, -0.15) is 0 Å². The molecule has 0 aromatic heterocycles. The van der Waals surface area contributed by atoms with Crippen LogP contribution in [0.4, 0.5) is 0 Å². The van der Waals surface area contributed by atoms with Crippen molar-refractivity contribution < 1.29 is 9.53 Å². The van der Waals surface area contributed by atoms with Gasteiger partial charge in [0.05, 0.1) is 5.56 Å². The summed E-state index contributed by atoms with van der Waals surface area (Å²) in [7, 11) is 0.